The van der Waals surface area contributed by atoms with Gasteiger partial charge in [0.2, 0.25) is 17.6 Å². The average Bonchev–Trinajstić information content (AvgIpc) is 3.27. The maximum atomic E-state index is 11.9. The van der Waals surface area contributed by atoms with Gasteiger partial charge >= 0.3 is 0 Å². The maximum absolute atomic E-state index is 11.9. The van der Waals surface area contributed by atoms with Gasteiger partial charge in [-0.25, -0.2) is 0 Å². The number of carbonyl (C=O) groups is 1. The highest BCUT2D eigenvalue weighted by atomic mass is 32.1. The summed E-state index contributed by atoms with van der Waals surface area (Å²) in [5.41, 5.74) is 0. The smallest absolute Gasteiger partial charge is 0.226 e. The molecule has 0 unspecified atom stereocenters. The van der Waals surface area contributed by atoms with Crippen LogP contribution in [0.25, 0.3) is 10.7 Å². The molecule has 1 aliphatic rings. The van der Waals surface area contributed by atoms with Gasteiger partial charge in [-0.2, -0.15) is 4.98 Å². The normalized spacial score (nSPS) is 15.5. The summed E-state index contributed by atoms with van der Waals surface area (Å²) in [7, 11) is 0. The number of amides is 1. The lowest BCUT2D eigenvalue weighted by Crippen LogP contribution is -2.46. The van der Waals surface area contributed by atoms with Crippen LogP contribution in [0.15, 0.2) is 22.0 Å². The molecule has 1 saturated heterocycles. The van der Waals surface area contributed by atoms with Gasteiger partial charge in [0.1, 0.15) is 0 Å². The number of nitrogens with zero attached hydrogens (tertiary/aromatic N) is 3. The predicted molar refractivity (Wildman–Crippen MR) is 92.9 cm³/mol. The molecule has 0 aliphatic carbocycles. The first-order chi connectivity index (χ1) is 11.8. The number of aryl methyl sites for hydroxylation is 1. The van der Waals surface area contributed by atoms with Crippen LogP contribution < -0.4 is 10.6 Å². The molecule has 8 heteroatoms. The van der Waals surface area contributed by atoms with Gasteiger partial charge in [-0.3, -0.25) is 9.69 Å². The number of aromatic nitrogens is 2. The second kappa shape index (κ2) is 8.91. The van der Waals surface area contributed by atoms with E-state index in [0.717, 1.165) is 37.6 Å². The first-order valence-electron chi connectivity index (χ1n) is 8.37. The van der Waals surface area contributed by atoms with Crippen LogP contribution in [0.2, 0.25) is 0 Å². The number of carbonyl (C=O) groups excluding carboxylic acids is 1. The summed E-state index contributed by atoms with van der Waals surface area (Å²) in [5.74, 6) is 1.30. The van der Waals surface area contributed by atoms with Crippen molar-refractivity contribution in [3.8, 4) is 10.7 Å². The van der Waals surface area contributed by atoms with Gasteiger partial charge in [0.15, 0.2) is 0 Å². The molecule has 7 nitrogen and oxygen atoms in total. The van der Waals surface area contributed by atoms with Crippen molar-refractivity contribution in [3.05, 3.63) is 23.4 Å². The molecule has 2 aromatic heterocycles. The Hall–Kier alpha value is -1.77. The van der Waals surface area contributed by atoms with Crippen LogP contribution in [-0.2, 0) is 11.2 Å². The molecule has 1 fully saturated rings. The van der Waals surface area contributed by atoms with E-state index in [1.54, 1.807) is 11.3 Å². The van der Waals surface area contributed by atoms with E-state index in [9.17, 15) is 4.79 Å². The Kier molecular flexibility index (Phi) is 6.33. The SMILES string of the molecule is O=C(CCCc1nc(-c2cccs2)no1)NCCN1CCNCC1. The van der Waals surface area contributed by atoms with Crippen LogP contribution in [0.4, 0.5) is 0 Å². The molecule has 1 amide bonds. The quantitative estimate of drug-likeness (QED) is 0.744. The number of nitrogens with one attached hydrogen (secondary N) is 2. The topological polar surface area (TPSA) is 83.3 Å². The fourth-order valence-corrected chi connectivity index (χ4v) is 3.29. The van der Waals surface area contributed by atoms with Crippen molar-refractivity contribution in [2.24, 2.45) is 0 Å². The van der Waals surface area contributed by atoms with Gasteiger partial charge in [0, 0.05) is 52.1 Å². The summed E-state index contributed by atoms with van der Waals surface area (Å²) in [6.07, 6.45) is 1.83. The van der Waals surface area contributed by atoms with E-state index in [4.69, 9.17) is 4.52 Å². The molecule has 0 atom stereocenters. The minimum atomic E-state index is 0.0862. The van der Waals surface area contributed by atoms with Crippen molar-refractivity contribution < 1.29 is 9.32 Å². The molecule has 0 aromatic carbocycles. The molecule has 3 rings (SSSR count). The number of hydrogen-bond donors (Lipinski definition) is 2. The Balaban J connectivity index is 1.30. The van der Waals surface area contributed by atoms with Crippen molar-refractivity contribution in [2.45, 2.75) is 19.3 Å². The van der Waals surface area contributed by atoms with E-state index in [2.05, 4.69) is 25.7 Å². The highest BCUT2D eigenvalue weighted by Crippen LogP contribution is 2.21. The maximum Gasteiger partial charge on any atom is 0.226 e. The Labute approximate surface area is 145 Å². The molecular weight excluding hydrogens is 326 g/mol. The zero-order chi connectivity index (χ0) is 16.6. The number of rotatable bonds is 8. The minimum absolute atomic E-state index is 0.0862. The zero-order valence-electron chi connectivity index (χ0n) is 13.7. The van der Waals surface area contributed by atoms with Crippen molar-refractivity contribution in [1.29, 1.82) is 0 Å². The molecule has 3 heterocycles. The van der Waals surface area contributed by atoms with Gasteiger partial charge in [-0.1, -0.05) is 11.2 Å². The first kappa shape index (κ1) is 17.1. The van der Waals surface area contributed by atoms with E-state index in [1.165, 1.54) is 0 Å². The van der Waals surface area contributed by atoms with Gasteiger partial charge in [-0.05, 0) is 17.9 Å². The summed E-state index contributed by atoms with van der Waals surface area (Å²) in [6.45, 7) is 5.81. The predicted octanol–water partition coefficient (Wildman–Crippen LogP) is 1.14. The monoisotopic (exact) mass is 349 g/mol. The summed E-state index contributed by atoms with van der Waals surface area (Å²) in [4.78, 5) is 19.6. The van der Waals surface area contributed by atoms with Gasteiger partial charge < -0.3 is 15.2 Å². The third-order valence-corrected chi connectivity index (χ3v) is 4.83. The van der Waals surface area contributed by atoms with E-state index < -0.39 is 0 Å². The lowest BCUT2D eigenvalue weighted by atomic mass is 10.2. The van der Waals surface area contributed by atoms with Crippen LogP contribution >= 0.6 is 11.3 Å². The second-order valence-corrected chi connectivity index (χ2v) is 6.73. The van der Waals surface area contributed by atoms with E-state index in [0.29, 0.717) is 37.5 Å². The van der Waals surface area contributed by atoms with Gasteiger partial charge in [0.25, 0.3) is 0 Å². The van der Waals surface area contributed by atoms with E-state index in [1.807, 2.05) is 17.5 Å². The van der Waals surface area contributed by atoms with E-state index >= 15 is 0 Å². The minimum Gasteiger partial charge on any atom is -0.355 e. The molecule has 24 heavy (non-hydrogen) atoms. The summed E-state index contributed by atoms with van der Waals surface area (Å²) in [5, 5.41) is 12.3. The molecular formula is C16H23N5O2S. The summed E-state index contributed by atoms with van der Waals surface area (Å²) >= 11 is 1.58. The van der Waals surface area contributed by atoms with Crippen LogP contribution in [0.1, 0.15) is 18.7 Å². The average molecular weight is 349 g/mol. The van der Waals surface area contributed by atoms with Crippen molar-refractivity contribution >= 4 is 17.2 Å². The lowest BCUT2D eigenvalue weighted by molar-refractivity contribution is -0.121. The Morgan fingerprint density at radius 2 is 2.29 bits per heavy atom. The van der Waals surface area contributed by atoms with Crippen molar-refractivity contribution in [1.82, 2.24) is 25.7 Å². The summed E-state index contributed by atoms with van der Waals surface area (Å²) in [6, 6.07) is 3.92. The molecule has 0 spiro atoms. The third kappa shape index (κ3) is 5.12. The van der Waals surface area contributed by atoms with Gasteiger partial charge in [0.05, 0.1) is 4.88 Å². The standard InChI is InChI=1S/C16H23N5O2S/c22-14(18-8-11-21-9-6-17-7-10-21)4-1-5-15-19-16(20-23-15)13-3-2-12-24-13/h2-3,12,17H,1,4-11H2,(H,18,22). The largest absolute Gasteiger partial charge is 0.355 e. The van der Waals surface area contributed by atoms with Crippen LogP contribution in [-0.4, -0.2) is 60.2 Å². The number of piperazine rings is 1. The molecule has 0 saturated carbocycles. The highest BCUT2D eigenvalue weighted by molar-refractivity contribution is 7.13. The molecule has 0 bridgehead atoms. The fourth-order valence-electron chi connectivity index (χ4n) is 2.64. The molecule has 1 aliphatic heterocycles. The molecule has 2 N–H and O–H groups in total. The first-order valence-corrected chi connectivity index (χ1v) is 9.25. The van der Waals surface area contributed by atoms with Crippen molar-refractivity contribution in [2.75, 3.05) is 39.3 Å². The number of hydrogen-bond acceptors (Lipinski definition) is 7. The lowest BCUT2D eigenvalue weighted by Gasteiger charge is -2.27. The molecule has 2 aromatic rings. The fraction of sp³-hybridized carbons (Fsp3) is 0.562. The van der Waals surface area contributed by atoms with Crippen LogP contribution in [0, 0.1) is 0 Å². The second-order valence-electron chi connectivity index (χ2n) is 5.78. The van der Waals surface area contributed by atoms with Gasteiger partial charge in [-0.15, -0.1) is 11.3 Å². The number of thiophene rings is 1. The van der Waals surface area contributed by atoms with Crippen LogP contribution in [0.5, 0.6) is 0 Å². The summed E-state index contributed by atoms with van der Waals surface area (Å²) < 4.78 is 5.23. The third-order valence-electron chi connectivity index (χ3n) is 3.96. The van der Waals surface area contributed by atoms with Crippen LogP contribution in [0.3, 0.4) is 0 Å². The Morgan fingerprint density at radius 1 is 1.42 bits per heavy atom. The molecule has 130 valence electrons. The Bertz CT molecular complexity index is 622. The Morgan fingerprint density at radius 3 is 3.08 bits per heavy atom. The highest BCUT2D eigenvalue weighted by Gasteiger charge is 2.11. The molecule has 0 radical (unpaired) electrons. The van der Waals surface area contributed by atoms with E-state index in [-0.39, 0.29) is 5.91 Å². The van der Waals surface area contributed by atoms with Crippen molar-refractivity contribution in [3.63, 3.8) is 0 Å². The zero-order valence-corrected chi connectivity index (χ0v) is 14.5.